The van der Waals surface area contributed by atoms with Gasteiger partial charge >= 0.3 is 0 Å². The first kappa shape index (κ1) is 13.2. The lowest BCUT2D eigenvalue weighted by Crippen LogP contribution is -2.49. The Bertz CT molecular complexity index is 531. The van der Waals surface area contributed by atoms with Crippen LogP contribution in [0.25, 0.3) is 5.57 Å². The van der Waals surface area contributed by atoms with Gasteiger partial charge in [-0.2, -0.15) is 0 Å². The number of aryl methyl sites for hydroxylation is 1. The van der Waals surface area contributed by atoms with Crippen molar-refractivity contribution in [2.75, 3.05) is 10.8 Å². The van der Waals surface area contributed by atoms with Crippen LogP contribution in [0.3, 0.4) is 0 Å². The lowest BCUT2D eigenvalue weighted by Gasteiger charge is -2.41. The number of rotatable bonds is 1. The molecule has 2 nitrogen and oxygen atoms in total. The molecule has 1 aliphatic rings. The van der Waals surface area contributed by atoms with Gasteiger partial charge in [0.05, 0.1) is 11.2 Å². The fourth-order valence-electron chi connectivity index (χ4n) is 2.66. The van der Waals surface area contributed by atoms with E-state index >= 15 is 0 Å². The molecule has 0 aliphatic carbocycles. The van der Waals surface area contributed by atoms with Crippen LogP contribution in [-0.4, -0.2) is 17.3 Å². The number of nitrogens with zero attached hydrogens (tertiary/aromatic N) is 1. The fourth-order valence-corrected chi connectivity index (χ4v) is 2.78. The highest BCUT2D eigenvalue weighted by molar-refractivity contribution is 6.29. The van der Waals surface area contributed by atoms with Crippen molar-refractivity contribution in [2.45, 2.75) is 33.2 Å². The summed E-state index contributed by atoms with van der Waals surface area (Å²) in [4.78, 5) is 13.9. The first-order valence-electron chi connectivity index (χ1n) is 6.06. The lowest BCUT2D eigenvalue weighted by molar-refractivity contribution is -0.117. The zero-order valence-electron chi connectivity index (χ0n) is 11.2. The first-order valence-corrected chi connectivity index (χ1v) is 6.60. The minimum Gasteiger partial charge on any atom is -0.302 e. The molecule has 1 aliphatic heterocycles. The zero-order valence-corrected chi connectivity index (χ0v) is 12.0. The van der Waals surface area contributed by atoms with Crippen LogP contribution in [0.15, 0.2) is 24.3 Å². The molecule has 2 rings (SSSR count). The average Bonchev–Trinajstić information content (AvgIpc) is 2.28. The maximum Gasteiger partial charge on any atom is 0.242 e. The van der Waals surface area contributed by atoms with Gasteiger partial charge in [0.25, 0.3) is 0 Å². The van der Waals surface area contributed by atoms with Gasteiger partial charge in [-0.15, -0.1) is 11.6 Å². The molecule has 0 saturated carbocycles. The number of carbonyl (C=O) groups excluding carboxylic acids is 1. The molecule has 1 heterocycles. The third-order valence-electron chi connectivity index (χ3n) is 3.33. The third kappa shape index (κ3) is 2.05. The molecular weight excluding hydrogens is 246 g/mol. The van der Waals surface area contributed by atoms with Crippen molar-refractivity contribution < 1.29 is 4.79 Å². The van der Waals surface area contributed by atoms with Crippen LogP contribution < -0.4 is 4.90 Å². The van der Waals surface area contributed by atoms with E-state index in [-0.39, 0.29) is 17.3 Å². The molecule has 0 N–H and O–H groups in total. The molecule has 96 valence electrons. The van der Waals surface area contributed by atoms with Crippen LogP contribution in [0, 0.1) is 6.92 Å². The Morgan fingerprint density at radius 2 is 2.00 bits per heavy atom. The quantitative estimate of drug-likeness (QED) is 0.707. The van der Waals surface area contributed by atoms with E-state index in [4.69, 9.17) is 11.6 Å². The number of hydrogen-bond acceptors (Lipinski definition) is 1. The van der Waals surface area contributed by atoms with Crippen LogP contribution in [-0.2, 0) is 4.79 Å². The van der Waals surface area contributed by atoms with E-state index in [9.17, 15) is 4.79 Å². The van der Waals surface area contributed by atoms with Crippen molar-refractivity contribution >= 4 is 28.8 Å². The Hall–Kier alpha value is -1.28. The van der Waals surface area contributed by atoms with E-state index in [1.807, 2.05) is 26.0 Å². The number of halogens is 1. The molecule has 0 atom stereocenters. The van der Waals surface area contributed by atoms with Gasteiger partial charge in [0.1, 0.15) is 5.88 Å². The summed E-state index contributed by atoms with van der Waals surface area (Å²) in [7, 11) is 0. The summed E-state index contributed by atoms with van der Waals surface area (Å²) in [5, 5.41) is 0. The van der Waals surface area contributed by atoms with Crippen LogP contribution in [0.2, 0.25) is 0 Å². The van der Waals surface area contributed by atoms with Gasteiger partial charge in [-0.05, 0) is 45.4 Å². The molecular formula is C15H18ClNO. The van der Waals surface area contributed by atoms with Crippen LogP contribution in [0.5, 0.6) is 0 Å². The van der Waals surface area contributed by atoms with Crippen molar-refractivity contribution in [3.63, 3.8) is 0 Å². The molecule has 1 aromatic rings. The molecule has 0 aromatic heterocycles. The van der Waals surface area contributed by atoms with Gasteiger partial charge in [0, 0.05) is 5.56 Å². The summed E-state index contributed by atoms with van der Waals surface area (Å²) in [5.41, 5.74) is 4.14. The second kappa shape index (κ2) is 4.43. The number of hydrogen-bond donors (Lipinski definition) is 0. The predicted octanol–water partition coefficient (Wildman–Crippen LogP) is 3.76. The van der Waals surface area contributed by atoms with E-state index in [0.29, 0.717) is 0 Å². The van der Waals surface area contributed by atoms with Crippen molar-refractivity contribution in [3.8, 4) is 0 Å². The molecule has 0 bridgehead atoms. The number of benzene rings is 1. The van der Waals surface area contributed by atoms with Crippen molar-refractivity contribution in [2.24, 2.45) is 0 Å². The fraction of sp³-hybridized carbons (Fsp3) is 0.400. The van der Waals surface area contributed by atoms with Crippen LogP contribution in [0.4, 0.5) is 5.69 Å². The van der Waals surface area contributed by atoms with Gasteiger partial charge < -0.3 is 4.90 Å². The molecule has 18 heavy (non-hydrogen) atoms. The smallest absolute Gasteiger partial charge is 0.242 e. The van der Waals surface area contributed by atoms with Gasteiger partial charge in [0.2, 0.25) is 5.91 Å². The van der Waals surface area contributed by atoms with Crippen molar-refractivity contribution in [3.05, 3.63) is 35.4 Å². The SMILES string of the molecule is CC1=CC(C)(C)N(C(=O)CCl)c2ccc(C)cc21. The predicted molar refractivity (Wildman–Crippen MR) is 77.1 cm³/mol. The van der Waals surface area contributed by atoms with Gasteiger partial charge in [0.15, 0.2) is 0 Å². The Labute approximate surface area is 113 Å². The molecule has 1 amide bonds. The number of alkyl halides is 1. The van der Waals surface area contributed by atoms with Gasteiger partial charge in [-0.3, -0.25) is 4.79 Å². The Kier molecular flexibility index (Phi) is 3.24. The lowest BCUT2D eigenvalue weighted by atomic mass is 9.88. The highest BCUT2D eigenvalue weighted by Crippen LogP contribution is 2.39. The van der Waals surface area contributed by atoms with Crippen molar-refractivity contribution in [1.29, 1.82) is 0 Å². The van der Waals surface area contributed by atoms with Crippen LogP contribution in [0.1, 0.15) is 31.9 Å². The number of allylic oxidation sites excluding steroid dienone is 1. The summed E-state index contributed by atoms with van der Waals surface area (Å²) in [6, 6.07) is 6.15. The highest BCUT2D eigenvalue weighted by atomic mass is 35.5. The Morgan fingerprint density at radius 1 is 1.33 bits per heavy atom. The largest absolute Gasteiger partial charge is 0.302 e. The Balaban J connectivity index is 2.65. The second-order valence-electron chi connectivity index (χ2n) is 5.36. The van der Waals surface area contributed by atoms with E-state index in [1.165, 1.54) is 11.1 Å². The number of amides is 1. The van der Waals surface area contributed by atoms with Crippen molar-refractivity contribution in [1.82, 2.24) is 0 Å². The number of fused-ring (bicyclic) bond motifs is 1. The summed E-state index contributed by atoms with van der Waals surface area (Å²) in [6.45, 7) is 8.21. The van der Waals surface area contributed by atoms with Gasteiger partial charge in [-0.25, -0.2) is 0 Å². The number of carbonyl (C=O) groups is 1. The summed E-state index contributed by atoms with van der Waals surface area (Å²) < 4.78 is 0. The standard InChI is InChI=1S/C15H18ClNO/c1-10-5-6-13-12(7-10)11(2)8-15(3,4)17(13)14(18)9-16/h5-8H,9H2,1-4H3. The molecule has 0 saturated heterocycles. The first-order chi connectivity index (χ1) is 8.36. The third-order valence-corrected chi connectivity index (χ3v) is 3.56. The second-order valence-corrected chi connectivity index (χ2v) is 5.63. The van der Waals surface area contributed by atoms with E-state index in [0.717, 1.165) is 11.3 Å². The van der Waals surface area contributed by atoms with E-state index in [1.54, 1.807) is 4.90 Å². The summed E-state index contributed by atoms with van der Waals surface area (Å²) >= 11 is 5.73. The molecule has 1 aromatic carbocycles. The topological polar surface area (TPSA) is 20.3 Å². The minimum atomic E-state index is -0.335. The maximum absolute atomic E-state index is 12.1. The summed E-state index contributed by atoms with van der Waals surface area (Å²) in [5.74, 6) is -0.0561. The monoisotopic (exact) mass is 263 g/mol. The zero-order chi connectivity index (χ0) is 13.5. The molecule has 0 spiro atoms. The minimum absolute atomic E-state index is 0.00361. The normalized spacial score (nSPS) is 17.2. The Morgan fingerprint density at radius 3 is 2.61 bits per heavy atom. The van der Waals surface area contributed by atoms with Crippen LogP contribution >= 0.6 is 11.6 Å². The maximum atomic E-state index is 12.1. The van der Waals surface area contributed by atoms with Gasteiger partial charge in [-0.1, -0.05) is 17.7 Å². The van der Waals surface area contributed by atoms with E-state index in [2.05, 4.69) is 26.0 Å². The average molecular weight is 264 g/mol. The highest BCUT2D eigenvalue weighted by Gasteiger charge is 2.35. The molecule has 0 unspecified atom stereocenters. The molecule has 0 fully saturated rings. The summed E-state index contributed by atoms with van der Waals surface area (Å²) in [6.07, 6.45) is 2.12. The number of anilines is 1. The van der Waals surface area contributed by atoms with E-state index < -0.39 is 0 Å². The molecule has 0 radical (unpaired) electrons. The molecule has 3 heteroatoms.